The number of carbonyl (C=O) groups is 1. The van der Waals surface area contributed by atoms with E-state index < -0.39 is 0 Å². The number of nitrogens with one attached hydrogen (secondary N) is 1. The van der Waals surface area contributed by atoms with Crippen molar-refractivity contribution in [1.82, 2.24) is 15.2 Å². The van der Waals surface area contributed by atoms with Crippen LogP contribution >= 0.6 is 0 Å². The summed E-state index contributed by atoms with van der Waals surface area (Å²) < 4.78 is 0. The molecule has 1 atom stereocenters. The molecule has 1 heterocycles. The van der Waals surface area contributed by atoms with E-state index in [4.69, 9.17) is 0 Å². The smallest absolute Gasteiger partial charge is 0.317 e. The molecule has 1 rings (SSSR count). The van der Waals surface area contributed by atoms with Crippen LogP contribution in [-0.4, -0.2) is 41.2 Å². The molecular formula is C16H27N3O2. The lowest BCUT2D eigenvalue weighted by molar-refractivity contribution is 0.147. The second-order valence-electron chi connectivity index (χ2n) is 6.20. The number of hydrogen-bond donors (Lipinski definition) is 2. The van der Waals surface area contributed by atoms with Gasteiger partial charge in [0.1, 0.15) is 0 Å². The van der Waals surface area contributed by atoms with Gasteiger partial charge in [-0.05, 0) is 37.3 Å². The fourth-order valence-electron chi connectivity index (χ4n) is 1.96. The molecule has 0 fully saturated rings. The molecule has 0 bridgehead atoms. The molecule has 1 unspecified atom stereocenters. The Hall–Kier alpha value is -1.62. The molecule has 0 aliphatic heterocycles. The predicted octanol–water partition coefficient (Wildman–Crippen LogP) is 2.58. The van der Waals surface area contributed by atoms with Gasteiger partial charge in [0.2, 0.25) is 0 Å². The van der Waals surface area contributed by atoms with Gasteiger partial charge in [-0.3, -0.25) is 4.98 Å². The minimum absolute atomic E-state index is 0.0694. The predicted molar refractivity (Wildman–Crippen MR) is 83.9 cm³/mol. The van der Waals surface area contributed by atoms with Crippen LogP contribution in [0, 0.1) is 5.41 Å². The summed E-state index contributed by atoms with van der Waals surface area (Å²) in [6.45, 7) is 6.77. The maximum atomic E-state index is 12.1. The monoisotopic (exact) mass is 293 g/mol. The molecule has 1 aromatic rings. The van der Waals surface area contributed by atoms with E-state index in [1.165, 1.54) is 0 Å². The Labute approximate surface area is 127 Å². The van der Waals surface area contributed by atoms with Gasteiger partial charge in [-0.15, -0.1) is 0 Å². The highest BCUT2D eigenvalue weighted by atomic mass is 16.3. The molecule has 5 heteroatoms. The Bertz CT molecular complexity index is 434. The lowest BCUT2D eigenvalue weighted by atomic mass is 9.89. The second kappa shape index (κ2) is 7.98. The van der Waals surface area contributed by atoms with Crippen molar-refractivity contribution in [2.24, 2.45) is 5.41 Å². The highest BCUT2D eigenvalue weighted by Crippen LogP contribution is 2.20. The molecule has 0 saturated carbocycles. The highest BCUT2D eigenvalue weighted by molar-refractivity contribution is 5.74. The van der Waals surface area contributed by atoms with Crippen molar-refractivity contribution in [1.29, 1.82) is 0 Å². The largest absolute Gasteiger partial charge is 0.396 e. The Balaban J connectivity index is 2.38. The molecule has 0 aliphatic rings. The number of hydrogen-bond acceptors (Lipinski definition) is 3. The maximum Gasteiger partial charge on any atom is 0.317 e. The van der Waals surface area contributed by atoms with Crippen LogP contribution in [0.1, 0.15) is 45.3 Å². The summed E-state index contributed by atoms with van der Waals surface area (Å²) in [4.78, 5) is 18.0. The van der Waals surface area contributed by atoms with Gasteiger partial charge in [-0.2, -0.15) is 0 Å². The van der Waals surface area contributed by atoms with Gasteiger partial charge in [-0.1, -0.05) is 19.9 Å². The standard InChI is InChI=1S/C16H27N3O2/c1-13(14-8-5-6-10-17-14)19(4)15(21)18-11-7-9-16(2,3)12-20/h5-6,8,10,13,20H,7,9,11-12H2,1-4H3,(H,18,21). The first-order valence-electron chi connectivity index (χ1n) is 7.40. The Kier molecular flexibility index (Phi) is 6.62. The zero-order valence-electron chi connectivity index (χ0n) is 13.5. The first-order chi connectivity index (χ1) is 9.87. The van der Waals surface area contributed by atoms with Crippen molar-refractivity contribution >= 4 is 6.03 Å². The average molecular weight is 293 g/mol. The Morgan fingerprint density at radius 2 is 2.19 bits per heavy atom. The van der Waals surface area contributed by atoms with Crippen molar-refractivity contribution in [3.63, 3.8) is 0 Å². The molecule has 1 aromatic heterocycles. The molecule has 118 valence electrons. The van der Waals surface area contributed by atoms with Crippen molar-refractivity contribution in [2.45, 2.75) is 39.7 Å². The van der Waals surface area contributed by atoms with Gasteiger partial charge in [0, 0.05) is 26.4 Å². The van der Waals surface area contributed by atoms with Crippen molar-refractivity contribution in [3.05, 3.63) is 30.1 Å². The van der Waals surface area contributed by atoms with Gasteiger partial charge in [0.05, 0.1) is 11.7 Å². The highest BCUT2D eigenvalue weighted by Gasteiger charge is 2.19. The van der Waals surface area contributed by atoms with E-state index >= 15 is 0 Å². The van der Waals surface area contributed by atoms with Gasteiger partial charge >= 0.3 is 6.03 Å². The van der Waals surface area contributed by atoms with E-state index in [1.54, 1.807) is 18.1 Å². The Morgan fingerprint density at radius 3 is 2.76 bits per heavy atom. The topological polar surface area (TPSA) is 65.5 Å². The van der Waals surface area contributed by atoms with E-state index in [1.807, 2.05) is 39.0 Å². The molecule has 0 aliphatic carbocycles. The summed E-state index contributed by atoms with van der Waals surface area (Å²) in [5, 5.41) is 12.1. The molecule has 2 N–H and O–H groups in total. The lowest BCUT2D eigenvalue weighted by Crippen LogP contribution is -2.39. The normalized spacial score (nSPS) is 12.8. The summed E-state index contributed by atoms with van der Waals surface area (Å²) in [5.74, 6) is 0. The third-order valence-corrected chi connectivity index (χ3v) is 3.75. The van der Waals surface area contributed by atoms with E-state index in [9.17, 15) is 9.90 Å². The number of aliphatic hydroxyl groups excluding tert-OH is 1. The van der Waals surface area contributed by atoms with Crippen LogP contribution < -0.4 is 5.32 Å². The number of aliphatic hydroxyl groups is 1. The number of rotatable bonds is 7. The number of amides is 2. The van der Waals surface area contributed by atoms with Crippen LogP contribution in [0.15, 0.2) is 24.4 Å². The molecule has 0 aromatic carbocycles. The first kappa shape index (κ1) is 17.4. The van der Waals surface area contributed by atoms with Crippen LogP contribution in [0.4, 0.5) is 4.79 Å². The van der Waals surface area contributed by atoms with E-state index in [0.717, 1.165) is 18.5 Å². The molecule has 2 amide bonds. The van der Waals surface area contributed by atoms with Gasteiger partial charge in [0.15, 0.2) is 0 Å². The number of pyridine rings is 1. The van der Waals surface area contributed by atoms with Crippen molar-refractivity contribution in [2.75, 3.05) is 20.2 Å². The number of urea groups is 1. The summed E-state index contributed by atoms with van der Waals surface area (Å²) in [6, 6.07) is 5.52. The Morgan fingerprint density at radius 1 is 1.48 bits per heavy atom. The summed E-state index contributed by atoms with van der Waals surface area (Å²) in [7, 11) is 1.77. The van der Waals surface area contributed by atoms with Crippen molar-refractivity contribution in [3.8, 4) is 0 Å². The third-order valence-electron chi connectivity index (χ3n) is 3.75. The minimum atomic E-state index is -0.102. The zero-order chi connectivity index (χ0) is 15.9. The van der Waals surface area contributed by atoms with Gasteiger partial charge in [0.25, 0.3) is 0 Å². The lowest BCUT2D eigenvalue weighted by Gasteiger charge is -2.25. The van der Waals surface area contributed by atoms with E-state index in [0.29, 0.717) is 6.54 Å². The molecule has 21 heavy (non-hydrogen) atoms. The molecule has 5 nitrogen and oxygen atoms in total. The third kappa shape index (κ3) is 5.71. The molecular weight excluding hydrogens is 266 g/mol. The van der Waals surface area contributed by atoms with E-state index in [-0.39, 0.29) is 24.1 Å². The fraction of sp³-hybridized carbons (Fsp3) is 0.625. The maximum absolute atomic E-state index is 12.1. The summed E-state index contributed by atoms with van der Waals surface area (Å²) in [5.41, 5.74) is 0.786. The first-order valence-corrected chi connectivity index (χ1v) is 7.40. The van der Waals surface area contributed by atoms with Gasteiger partial charge < -0.3 is 15.3 Å². The number of aromatic nitrogens is 1. The molecule has 0 radical (unpaired) electrons. The van der Waals surface area contributed by atoms with Crippen LogP contribution in [-0.2, 0) is 0 Å². The average Bonchev–Trinajstić information content (AvgIpc) is 2.50. The van der Waals surface area contributed by atoms with E-state index in [2.05, 4.69) is 10.3 Å². The van der Waals surface area contributed by atoms with Crippen LogP contribution in [0.3, 0.4) is 0 Å². The van der Waals surface area contributed by atoms with Crippen LogP contribution in [0.2, 0.25) is 0 Å². The number of carbonyl (C=O) groups excluding carboxylic acids is 1. The summed E-state index contributed by atoms with van der Waals surface area (Å²) in [6.07, 6.45) is 3.46. The van der Waals surface area contributed by atoms with Crippen LogP contribution in [0.25, 0.3) is 0 Å². The number of nitrogens with zero attached hydrogens (tertiary/aromatic N) is 2. The zero-order valence-corrected chi connectivity index (χ0v) is 13.5. The van der Waals surface area contributed by atoms with Crippen molar-refractivity contribution < 1.29 is 9.90 Å². The minimum Gasteiger partial charge on any atom is -0.396 e. The fourth-order valence-corrected chi connectivity index (χ4v) is 1.96. The quantitative estimate of drug-likeness (QED) is 0.759. The summed E-state index contributed by atoms with van der Waals surface area (Å²) >= 11 is 0. The van der Waals surface area contributed by atoms with Crippen LogP contribution in [0.5, 0.6) is 0 Å². The SMILES string of the molecule is CC(c1ccccn1)N(C)C(=O)NCCCC(C)(C)CO. The molecule has 0 spiro atoms. The van der Waals surface area contributed by atoms with Gasteiger partial charge in [-0.25, -0.2) is 4.79 Å². The molecule has 0 saturated heterocycles. The second-order valence-corrected chi connectivity index (χ2v) is 6.20.